The van der Waals surface area contributed by atoms with Gasteiger partial charge in [-0.2, -0.15) is 0 Å². The number of amides is 1. The van der Waals surface area contributed by atoms with Gasteiger partial charge < -0.3 is 10.3 Å². The molecule has 0 aliphatic heterocycles. The normalized spacial score (nSPS) is 10.8. The van der Waals surface area contributed by atoms with E-state index < -0.39 is 0 Å². The average molecular weight is 345 g/mol. The topological polar surface area (TPSA) is 74.8 Å². The fourth-order valence-electron chi connectivity index (χ4n) is 2.42. The van der Waals surface area contributed by atoms with Gasteiger partial charge in [0.05, 0.1) is 6.42 Å². The molecule has 3 aromatic rings. The molecule has 0 fully saturated rings. The van der Waals surface area contributed by atoms with E-state index in [2.05, 4.69) is 15.3 Å². The summed E-state index contributed by atoms with van der Waals surface area (Å²) in [5, 5.41) is 2.88. The van der Waals surface area contributed by atoms with Crippen LogP contribution in [-0.2, 0) is 11.2 Å². The van der Waals surface area contributed by atoms with Gasteiger partial charge in [0.15, 0.2) is 5.82 Å². The molecule has 0 aliphatic carbocycles. The molecule has 5 nitrogen and oxygen atoms in total. The number of allylic oxidation sites excluding steroid dienone is 1. The molecule has 5 heteroatoms. The molecule has 2 aromatic carbocycles. The summed E-state index contributed by atoms with van der Waals surface area (Å²) in [5.41, 5.74) is 3.73. The number of carbonyl (C=O) groups is 2. The Morgan fingerprint density at radius 1 is 1.08 bits per heavy atom. The summed E-state index contributed by atoms with van der Waals surface area (Å²) in [7, 11) is 0. The molecular weight excluding hydrogens is 326 g/mol. The second-order valence-corrected chi connectivity index (χ2v) is 5.97. The van der Waals surface area contributed by atoms with E-state index in [9.17, 15) is 9.59 Å². The zero-order valence-corrected chi connectivity index (χ0v) is 14.4. The highest BCUT2D eigenvalue weighted by atomic mass is 16.1. The number of hydrogen-bond acceptors (Lipinski definition) is 3. The van der Waals surface area contributed by atoms with Crippen molar-refractivity contribution in [2.45, 2.75) is 13.3 Å². The Morgan fingerprint density at radius 3 is 2.46 bits per heavy atom. The van der Waals surface area contributed by atoms with Crippen LogP contribution in [0.4, 0.5) is 5.69 Å². The number of imidazole rings is 1. The molecule has 0 aliphatic rings. The van der Waals surface area contributed by atoms with Crippen LogP contribution in [0.3, 0.4) is 0 Å². The Bertz CT molecular complexity index is 909. The SMILES string of the molecule is Cc1ccc(NC(=O)Cc2ccc(C=CC(=O)c3ncc[nH]3)cc2)cc1. The number of anilines is 1. The van der Waals surface area contributed by atoms with Crippen LogP contribution in [-0.4, -0.2) is 21.7 Å². The summed E-state index contributed by atoms with van der Waals surface area (Å²) in [6, 6.07) is 15.2. The monoisotopic (exact) mass is 345 g/mol. The number of hydrogen-bond donors (Lipinski definition) is 2. The van der Waals surface area contributed by atoms with E-state index in [0.717, 1.165) is 22.4 Å². The minimum Gasteiger partial charge on any atom is -0.342 e. The van der Waals surface area contributed by atoms with Crippen molar-refractivity contribution in [3.8, 4) is 0 Å². The smallest absolute Gasteiger partial charge is 0.228 e. The van der Waals surface area contributed by atoms with Gasteiger partial charge in [0.25, 0.3) is 0 Å². The Hall–Kier alpha value is -3.47. The van der Waals surface area contributed by atoms with E-state index >= 15 is 0 Å². The van der Waals surface area contributed by atoms with E-state index in [0.29, 0.717) is 12.2 Å². The van der Waals surface area contributed by atoms with Crippen LogP contribution < -0.4 is 5.32 Å². The van der Waals surface area contributed by atoms with Gasteiger partial charge in [-0.25, -0.2) is 4.98 Å². The first-order valence-electron chi connectivity index (χ1n) is 8.27. The van der Waals surface area contributed by atoms with E-state index in [1.54, 1.807) is 12.3 Å². The minimum absolute atomic E-state index is 0.0647. The summed E-state index contributed by atoms with van der Waals surface area (Å²) < 4.78 is 0. The summed E-state index contributed by atoms with van der Waals surface area (Å²) >= 11 is 0. The molecule has 0 saturated carbocycles. The number of aryl methyl sites for hydroxylation is 1. The molecule has 130 valence electrons. The maximum atomic E-state index is 12.1. The first-order valence-corrected chi connectivity index (χ1v) is 8.27. The fourth-order valence-corrected chi connectivity index (χ4v) is 2.42. The van der Waals surface area contributed by atoms with Crippen molar-refractivity contribution in [1.82, 2.24) is 9.97 Å². The molecule has 0 radical (unpaired) electrons. The molecule has 0 bridgehead atoms. The molecule has 1 aromatic heterocycles. The Morgan fingerprint density at radius 2 is 1.81 bits per heavy atom. The summed E-state index contributed by atoms with van der Waals surface area (Å²) in [4.78, 5) is 30.7. The summed E-state index contributed by atoms with van der Waals surface area (Å²) in [6.07, 6.45) is 6.64. The zero-order chi connectivity index (χ0) is 18.4. The lowest BCUT2D eigenvalue weighted by Crippen LogP contribution is -2.14. The zero-order valence-electron chi connectivity index (χ0n) is 14.4. The molecule has 1 heterocycles. The number of ketones is 1. The third-order valence-electron chi connectivity index (χ3n) is 3.84. The number of aromatic nitrogens is 2. The van der Waals surface area contributed by atoms with Gasteiger partial charge in [0.1, 0.15) is 0 Å². The fraction of sp³-hybridized carbons (Fsp3) is 0.0952. The summed E-state index contributed by atoms with van der Waals surface area (Å²) in [5.74, 6) is 0.0624. The van der Waals surface area contributed by atoms with Crippen LogP contribution in [0.5, 0.6) is 0 Å². The predicted molar refractivity (Wildman–Crippen MR) is 102 cm³/mol. The van der Waals surface area contributed by atoms with Gasteiger partial charge >= 0.3 is 0 Å². The standard InChI is InChI=1S/C21H19N3O2/c1-15-2-9-18(10-3-15)24-20(26)14-17-6-4-16(5-7-17)8-11-19(25)21-22-12-13-23-21/h2-13H,14H2,1H3,(H,22,23)(H,24,26). The number of nitrogens with zero attached hydrogens (tertiary/aromatic N) is 1. The quantitative estimate of drug-likeness (QED) is 0.527. The van der Waals surface area contributed by atoms with Crippen LogP contribution in [0.25, 0.3) is 6.08 Å². The Kier molecular flexibility index (Phi) is 5.39. The highest BCUT2D eigenvalue weighted by molar-refractivity contribution is 6.04. The number of aromatic amines is 1. The maximum Gasteiger partial charge on any atom is 0.228 e. The van der Waals surface area contributed by atoms with Gasteiger partial charge in [-0.05, 0) is 36.3 Å². The summed E-state index contributed by atoms with van der Waals surface area (Å²) in [6.45, 7) is 2.00. The molecule has 0 spiro atoms. The van der Waals surface area contributed by atoms with Gasteiger partial charge in [-0.15, -0.1) is 0 Å². The Balaban J connectivity index is 1.56. The van der Waals surface area contributed by atoms with E-state index in [4.69, 9.17) is 0 Å². The second-order valence-electron chi connectivity index (χ2n) is 5.97. The molecule has 3 rings (SSSR count). The minimum atomic E-state index is -0.184. The molecule has 2 N–H and O–H groups in total. The maximum absolute atomic E-state index is 12.1. The third-order valence-corrected chi connectivity index (χ3v) is 3.84. The van der Waals surface area contributed by atoms with E-state index in [-0.39, 0.29) is 11.7 Å². The molecule has 0 atom stereocenters. The molecular formula is C21H19N3O2. The van der Waals surface area contributed by atoms with Crippen LogP contribution in [0.15, 0.2) is 67.0 Å². The lowest BCUT2D eigenvalue weighted by Gasteiger charge is -2.06. The number of H-pyrrole nitrogens is 1. The highest BCUT2D eigenvalue weighted by Gasteiger charge is 2.05. The number of carbonyl (C=O) groups excluding carboxylic acids is 2. The van der Waals surface area contributed by atoms with Gasteiger partial charge in [0.2, 0.25) is 11.7 Å². The van der Waals surface area contributed by atoms with Gasteiger partial charge in [0, 0.05) is 18.1 Å². The highest BCUT2D eigenvalue weighted by Crippen LogP contribution is 2.11. The molecule has 26 heavy (non-hydrogen) atoms. The van der Waals surface area contributed by atoms with Gasteiger partial charge in [-0.3, -0.25) is 9.59 Å². The first kappa shape index (κ1) is 17.4. The van der Waals surface area contributed by atoms with Crippen molar-refractivity contribution in [3.05, 3.63) is 89.5 Å². The van der Waals surface area contributed by atoms with Crippen LogP contribution in [0.1, 0.15) is 27.3 Å². The number of rotatable bonds is 6. The van der Waals surface area contributed by atoms with Crippen molar-refractivity contribution < 1.29 is 9.59 Å². The lowest BCUT2D eigenvalue weighted by atomic mass is 10.1. The molecule has 1 amide bonds. The molecule has 0 unspecified atom stereocenters. The van der Waals surface area contributed by atoms with Crippen molar-refractivity contribution in [2.24, 2.45) is 0 Å². The van der Waals surface area contributed by atoms with Crippen molar-refractivity contribution >= 4 is 23.5 Å². The predicted octanol–water partition coefficient (Wildman–Crippen LogP) is 3.80. The average Bonchev–Trinajstić information content (AvgIpc) is 3.17. The van der Waals surface area contributed by atoms with Crippen molar-refractivity contribution in [2.75, 3.05) is 5.32 Å². The van der Waals surface area contributed by atoms with Crippen LogP contribution >= 0.6 is 0 Å². The molecule has 0 saturated heterocycles. The van der Waals surface area contributed by atoms with Crippen LogP contribution in [0, 0.1) is 6.92 Å². The van der Waals surface area contributed by atoms with Crippen molar-refractivity contribution in [1.29, 1.82) is 0 Å². The largest absolute Gasteiger partial charge is 0.342 e. The Labute approximate surface area is 151 Å². The lowest BCUT2D eigenvalue weighted by molar-refractivity contribution is -0.115. The van der Waals surface area contributed by atoms with Crippen molar-refractivity contribution in [3.63, 3.8) is 0 Å². The van der Waals surface area contributed by atoms with Gasteiger partial charge in [-0.1, -0.05) is 48.0 Å². The number of benzene rings is 2. The second kappa shape index (κ2) is 8.07. The van der Waals surface area contributed by atoms with E-state index in [1.807, 2.05) is 55.5 Å². The number of nitrogens with one attached hydrogen (secondary N) is 2. The van der Waals surface area contributed by atoms with E-state index in [1.165, 1.54) is 12.3 Å². The van der Waals surface area contributed by atoms with Crippen LogP contribution in [0.2, 0.25) is 0 Å². The third kappa shape index (κ3) is 4.77. The first-order chi connectivity index (χ1) is 12.6.